The molecule has 2 heterocycles. The standard InChI is InChI=1S/C16H21FN4O2S/c1-13-16(12-19(2)18-13)24(22,23)21-9-7-20(8-10-21)11-14-5-3-4-6-15(14)17/h3-6,12H,7-11H2,1-2H3. The molecule has 1 aromatic heterocycles. The number of nitrogens with zero attached hydrogens (tertiary/aromatic N) is 4. The molecule has 2 aromatic rings. The molecule has 0 atom stereocenters. The van der Waals surface area contributed by atoms with Crippen LogP contribution in [0.15, 0.2) is 35.4 Å². The lowest BCUT2D eigenvalue weighted by Crippen LogP contribution is -2.48. The molecule has 1 aromatic carbocycles. The molecule has 3 rings (SSSR count). The number of aryl methyl sites for hydroxylation is 2. The van der Waals surface area contributed by atoms with E-state index < -0.39 is 10.0 Å². The van der Waals surface area contributed by atoms with E-state index in [0.29, 0.717) is 44.0 Å². The Morgan fingerprint density at radius 3 is 2.42 bits per heavy atom. The average molecular weight is 352 g/mol. The Bertz CT molecular complexity index is 826. The number of halogens is 1. The van der Waals surface area contributed by atoms with Crippen molar-refractivity contribution in [2.45, 2.75) is 18.4 Å². The Hall–Kier alpha value is -1.77. The maximum Gasteiger partial charge on any atom is 0.246 e. The van der Waals surface area contributed by atoms with Gasteiger partial charge in [0, 0.05) is 51.5 Å². The first-order valence-corrected chi connectivity index (χ1v) is 9.28. The van der Waals surface area contributed by atoms with E-state index >= 15 is 0 Å². The van der Waals surface area contributed by atoms with Gasteiger partial charge < -0.3 is 0 Å². The highest BCUT2D eigenvalue weighted by atomic mass is 32.2. The maximum absolute atomic E-state index is 13.7. The number of piperazine rings is 1. The van der Waals surface area contributed by atoms with Crippen LogP contribution in [0, 0.1) is 12.7 Å². The summed E-state index contributed by atoms with van der Waals surface area (Å²) >= 11 is 0. The van der Waals surface area contributed by atoms with Crippen LogP contribution in [0.4, 0.5) is 4.39 Å². The Kier molecular flexibility index (Phi) is 4.71. The van der Waals surface area contributed by atoms with E-state index in [1.165, 1.54) is 21.3 Å². The molecule has 0 spiro atoms. The van der Waals surface area contributed by atoms with Crippen LogP contribution in [0.3, 0.4) is 0 Å². The molecule has 1 aliphatic rings. The SMILES string of the molecule is Cc1nn(C)cc1S(=O)(=O)N1CCN(Cc2ccccc2F)CC1. The van der Waals surface area contributed by atoms with Gasteiger partial charge in [0.05, 0.1) is 5.69 Å². The number of sulfonamides is 1. The van der Waals surface area contributed by atoms with Gasteiger partial charge in [-0.15, -0.1) is 0 Å². The monoisotopic (exact) mass is 352 g/mol. The zero-order valence-corrected chi connectivity index (χ0v) is 14.6. The topological polar surface area (TPSA) is 58.4 Å². The summed E-state index contributed by atoms with van der Waals surface area (Å²) in [7, 11) is -1.82. The van der Waals surface area contributed by atoms with Gasteiger partial charge in [-0.05, 0) is 13.0 Å². The van der Waals surface area contributed by atoms with E-state index in [9.17, 15) is 12.8 Å². The van der Waals surface area contributed by atoms with Crippen LogP contribution in [-0.4, -0.2) is 53.6 Å². The highest BCUT2D eigenvalue weighted by Crippen LogP contribution is 2.21. The van der Waals surface area contributed by atoms with Gasteiger partial charge in [-0.1, -0.05) is 18.2 Å². The predicted octanol–water partition coefficient (Wildman–Crippen LogP) is 1.37. The van der Waals surface area contributed by atoms with Crippen molar-refractivity contribution in [1.29, 1.82) is 0 Å². The van der Waals surface area contributed by atoms with Gasteiger partial charge in [-0.2, -0.15) is 9.40 Å². The Morgan fingerprint density at radius 2 is 1.83 bits per heavy atom. The molecule has 8 heteroatoms. The molecule has 1 saturated heterocycles. The summed E-state index contributed by atoms with van der Waals surface area (Å²) in [6.45, 7) is 4.13. The molecule has 0 aliphatic carbocycles. The van der Waals surface area contributed by atoms with Gasteiger partial charge in [0.2, 0.25) is 10.0 Å². The van der Waals surface area contributed by atoms with Crippen molar-refractivity contribution >= 4 is 10.0 Å². The summed E-state index contributed by atoms with van der Waals surface area (Å²) in [6.07, 6.45) is 1.54. The summed E-state index contributed by atoms with van der Waals surface area (Å²) < 4.78 is 42.2. The highest BCUT2D eigenvalue weighted by molar-refractivity contribution is 7.89. The van der Waals surface area contributed by atoms with Gasteiger partial charge in [-0.3, -0.25) is 9.58 Å². The summed E-state index contributed by atoms with van der Waals surface area (Å²) in [6, 6.07) is 6.68. The van der Waals surface area contributed by atoms with Crippen LogP contribution < -0.4 is 0 Å². The molecule has 0 bridgehead atoms. The first kappa shape index (κ1) is 17.1. The fourth-order valence-electron chi connectivity index (χ4n) is 2.97. The molecule has 130 valence electrons. The van der Waals surface area contributed by atoms with Gasteiger partial charge in [0.15, 0.2) is 0 Å². The van der Waals surface area contributed by atoms with Crippen molar-refractivity contribution in [3.63, 3.8) is 0 Å². The molecule has 0 unspecified atom stereocenters. The highest BCUT2D eigenvalue weighted by Gasteiger charge is 2.31. The third-order valence-electron chi connectivity index (χ3n) is 4.27. The minimum atomic E-state index is -3.53. The van der Waals surface area contributed by atoms with Crippen LogP contribution in [0.2, 0.25) is 0 Å². The number of hydrogen-bond acceptors (Lipinski definition) is 4. The van der Waals surface area contributed by atoms with Crippen molar-refractivity contribution in [2.24, 2.45) is 7.05 Å². The van der Waals surface area contributed by atoms with E-state index in [1.807, 2.05) is 6.07 Å². The van der Waals surface area contributed by atoms with Crippen molar-refractivity contribution in [3.8, 4) is 0 Å². The molecule has 6 nitrogen and oxygen atoms in total. The van der Waals surface area contributed by atoms with Crippen LogP contribution in [0.25, 0.3) is 0 Å². The lowest BCUT2D eigenvalue weighted by atomic mass is 10.2. The zero-order chi connectivity index (χ0) is 17.3. The fraction of sp³-hybridized carbons (Fsp3) is 0.438. The maximum atomic E-state index is 13.7. The quantitative estimate of drug-likeness (QED) is 0.834. The average Bonchev–Trinajstić information content (AvgIpc) is 2.89. The minimum Gasteiger partial charge on any atom is -0.296 e. The van der Waals surface area contributed by atoms with Crippen molar-refractivity contribution in [2.75, 3.05) is 26.2 Å². The molecule has 0 amide bonds. The second-order valence-electron chi connectivity index (χ2n) is 6.02. The van der Waals surface area contributed by atoms with Crippen LogP contribution in [0.5, 0.6) is 0 Å². The molecule has 0 N–H and O–H groups in total. The van der Waals surface area contributed by atoms with E-state index in [0.717, 1.165) is 0 Å². The molecule has 1 aliphatic heterocycles. The van der Waals surface area contributed by atoms with Gasteiger partial charge >= 0.3 is 0 Å². The van der Waals surface area contributed by atoms with Crippen LogP contribution in [0.1, 0.15) is 11.3 Å². The summed E-state index contributed by atoms with van der Waals surface area (Å²) in [5.74, 6) is -0.224. The third-order valence-corrected chi connectivity index (χ3v) is 6.27. The van der Waals surface area contributed by atoms with E-state index in [1.54, 1.807) is 26.1 Å². The Balaban J connectivity index is 1.67. The number of hydrogen-bond donors (Lipinski definition) is 0. The Labute approximate surface area is 141 Å². The first-order chi connectivity index (χ1) is 11.4. The fourth-order valence-corrected chi connectivity index (χ4v) is 4.59. The van der Waals surface area contributed by atoms with Crippen molar-refractivity contribution in [3.05, 3.63) is 47.5 Å². The van der Waals surface area contributed by atoms with E-state index in [4.69, 9.17) is 0 Å². The van der Waals surface area contributed by atoms with Gasteiger partial charge in [0.1, 0.15) is 10.7 Å². The minimum absolute atomic E-state index is 0.224. The normalized spacial score (nSPS) is 17.3. The van der Waals surface area contributed by atoms with E-state index in [2.05, 4.69) is 10.00 Å². The predicted molar refractivity (Wildman–Crippen MR) is 88.4 cm³/mol. The molecular formula is C16H21FN4O2S. The van der Waals surface area contributed by atoms with Crippen LogP contribution >= 0.6 is 0 Å². The Morgan fingerprint density at radius 1 is 1.17 bits per heavy atom. The summed E-state index contributed by atoms with van der Waals surface area (Å²) in [5.41, 5.74) is 1.14. The largest absolute Gasteiger partial charge is 0.296 e. The summed E-state index contributed by atoms with van der Waals surface area (Å²) in [4.78, 5) is 2.33. The molecule has 1 fully saturated rings. The lowest BCUT2D eigenvalue weighted by molar-refractivity contribution is 0.180. The van der Waals surface area contributed by atoms with E-state index in [-0.39, 0.29) is 10.7 Å². The zero-order valence-electron chi connectivity index (χ0n) is 13.8. The molecular weight excluding hydrogens is 331 g/mol. The third kappa shape index (κ3) is 3.35. The van der Waals surface area contributed by atoms with Gasteiger partial charge in [-0.25, -0.2) is 12.8 Å². The second-order valence-corrected chi connectivity index (χ2v) is 7.93. The molecule has 24 heavy (non-hydrogen) atoms. The number of rotatable bonds is 4. The summed E-state index contributed by atoms with van der Waals surface area (Å²) in [5, 5.41) is 4.11. The number of aromatic nitrogens is 2. The van der Waals surface area contributed by atoms with Gasteiger partial charge in [0.25, 0.3) is 0 Å². The second kappa shape index (κ2) is 6.62. The van der Waals surface area contributed by atoms with Crippen molar-refractivity contribution in [1.82, 2.24) is 19.0 Å². The molecule has 0 radical (unpaired) electrons. The molecule has 0 saturated carbocycles. The van der Waals surface area contributed by atoms with Crippen LogP contribution in [-0.2, 0) is 23.6 Å². The lowest BCUT2D eigenvalue weighted by Gasteiger charge is -2.33. The first-order valence-electron chi connectivity index (χ1n) is 7.84. The smallest absolute Gasteiger partial charge is 0.246 e. The van der Waals surface area contributed by atoms with Crippen molar-refractivity contribution < 1.29 is 12.8 Å². The number of benzene rings is 1.